The highest BCUT2D eigenvalue weighted by atomic mass is 35.5. The largest absolute Gasteiger partial charge is 0.367 e. The zero-order chi connectivity index (χ0) is 9.97. The van der Waals surface area contributed by atoms with Crippen LogP contribution < -0.4 is 5.32 Å². The molecular formula is C10H14ClN3. The average molecular weight is 212 g/mol. The Hall–Kier alpha value is -0.830. The Labute approximate surface area is 88.9 Å². The first-order valence-corrected chi connectivity index (χ1v) is 5.37. The summed E-state index contributed by atoms with van der Waals surface area (Å²) in [5, 5.41) is 3.68. The molecule has 1 aliphatic carbocycles. The van der Waals surface area contributed by atoms with Crippen molar-refractivity contribution in [2.45, 2.75) is 32.2 Å². The molecule has 0 bridgehead atoms. The van der Waals surface area contributed by atoms with E-state index in [9.17, 15) is 0 Å². The van der Waals surface area contributed by atoms with Crippen molar-refractivity contribution in [1.82, 2.24) is 9.97 Å². The molecule has 0 radical (unpaired) electrons. The molecule has 1 N–H and O–H groups in total. The molecule has 0 aromatic carbocycles. The van der Waals surface area contributed by atoms with Crippen LogP contribution in [0.4, 0.5) is 5.82 Å². The van der Waals surface area contributed by atoms with Crippen LogP contribution in [0.1, 0.15) is 26.2 Å². The van der Waals surface area contributed by atoms with Crippen LogP contribution in [0.3, 0.4) is 0 Å². The predicted octanol–water partition coefficient (Wildman–Crippen LogP) is 2.73. The SMILES string of the molecule is CC1CCC(Nc2ccnc(Cl)n2)C1. The molecule has 3 nitrogen and oxygen atoms in total. The maximum absolute atomic E-state index is 5.70. The lowest BCUT2D eigenvalue weighted by atomic mass is 10.1. The topological polar surface area (TPSA) is 37.8 Å². The summed E-state index contributed by atoms with van der Waals surface area (Å²) >= 11 is 5.70. The van der Waals surface area contributed by atoms with Crippen LogP contribution in [0, 0.1) is 5.92 Å². The van der Waals surface area contributed by atoms with E-state index in [1.165, 1.54) is 19.3 Å². The number of nitrogens with one attached hydrogen (secondary N) is 1. The highest BCUT2D eigenvalue weighted by molar-refractivity contribution is 6.28. The Morgan fingerprint density at radius 1 is 1.50 bits per heavy atom. The zero-order valence-electron chi connectivity index (χ0n) is 8.20. The fourth-order valence-corrected chi connectivity index (χ4v) is 2.11. The van der Waals surface area contributed by atoms with E-state index in [-0.39, 0.29) is 0 Å². The molecule has 2 atom stereocenters. The first-order chi connectivity index (χ1) is 6.74. The summed E-state index contributed by atoms with van der Waals surface area (Å²) in [7, 11) is 0. The van der Waals surface area contributed by atoms with Crippen molar-refractivity contribution in [3.8, 4) is 0 Å². The van der Waals surface area contributed by atoms with E-state index in [1.54, 1.807) is 6.20 Å². The maximum Gasteiger partial charge on any atom is 0.224 e. The van der Waals surface area contributed by atoms with E-state index in [0.717, 1.165) is 11.7 Å². The Balaban J connectivity index is 1.97. The van der Waals surface area contributed by atoms with Crippen LogP contribution >= 0.6 is 11.6 Å². The van der Waals surface area contributed by atoms with Crippen molar-refractivity contribution in [1.29, 1.82) is 0 Å². The van der Waals surface area contributed by atoms with Gasteiger partial charge in [-0.3, -0.25) is 0 Å². The van der Waals surface area contributed by atoms with Gasteiger partial charge in [0.05, 0.1) is 0 Å². The van der Waals surface area contributed by atoms with Crippen LogP contribution in [0.15, 0.2) is 12.3 Å². The summed E-state index contributed by atoms with van der Waals surface area (Å²) in [6, 6.07) is 2.41. The van der Waals surface area contributed by atoms with Crippen LogP contribution in [0.2, 0.25) is 5.28 Å². The van der Waals surface area contributed by atoms with Gasteiger partial charge in [-0.1, -0.05) is 6.92 Å². The number of halogens is 1. The molecule has 0 aliphatic heterocycles. The number of anilines is 1. The van der Waals surface area contributed by atoms with Gasteiger partial charge < -0.3 is 5.32 Å². The molecule has 2 rings (SSSR count). The van der Waals surface area contributed by atoms with Gasteiger partial charge >= 0.3 is 0 Å². The highest BCUT2D eigenvalue weighted by Crippen LogP contribution is 2.26. The Morgan fingerprint density at radius 2 is 2.36 bits per heavy atom. The van der Waals surface area contributed by atoms with E-state index < -0.39 is 0 Å². The van der Waals surface area contributed by atoms with Gasteiger partial charge in [0.25, 0.3) is 0 Å². The van der Waals surface area contributed by atoms with E-state index in [1.807, 2.05) is 6.07 Å². The van der Waals surface area contributed by atoms with Gasteiger partial charge in [0.1, 0.15) is 5.82 Å². The normalized spacial score (nSPS) is 26.4. The molecule has 1 aliphatic rings. The third-order valence-electron chi connectivity index (χ3n) is 2.67. The minimum Gasteiger partial charge on any atom is -0.367 e. The van der Waals surface area contributed by atoms with E-state index >= 15 is 0 Å². The highest BCUT2D eigenvalue weighted by Gasteiger charge is 2.21. The lowest BCUT2D eigenvalue weighted by Crippen LogP contribution is -2.16. The molecule has 1 aromatic heterocycles. The molecule has 4 heteroatoms. The lowest BCUT2D eigenvalue weighted by molar-refractivity contribution is 0.602. The standard InChI is InChI=1S/C10H14ClN3/c1-7-2-3-8(6-7)13-9-4-5-12-10(11)14-9/h4-5,7-8H,2-3,6H2,1H3,(H,12,13,14). The van der Waals surface area contributed by atoms with E-state index in [4.69, 9.17) is 11.6 Å². The van der Waals surface area contributed by atoms with E-state index in [0.29, 0.717) is 11.3 Å². The summed E-state index contributed by atoms with van der Waals surface area (Å²) in [4.78, 5) is 7.95. The number of nitrogens with zero attached hydrogens (tertiary/aromatic N) is 2. The van der Waals surface area contributed by atoms with Crippen LogP contribution in [0.25, 0.3) is 0 Å². The molecule has 76 valence electrons. The fraction of sp³-hybridized carbons (Fsp3) is 0.600. The van der Waals surface area contributed by atoms with Crippen molar-refractivity contribution in [3.63, 3.8) is 0 Å². The van der Waals surface area contributed by atoms with Crippen molar-refractivity contribution in [2.24, 2.45) is 5.92 Å². The summed E-state index contributed by atoms with van der Waals surface area (Å²) in [5.74, 6) is 1.66. The first kappa shape index (κ1) is 9.71. The second-order valence-corrected chi connectivity index (χ2v) is 4.31. The number of rotatable bonds is 2. The molecule has 1 aromatic rings. The van der Waals surface area contributed by atoms with Crippen LogP contribution in [0.5, 0.6) is 0 Å². The Morgan fingerprint density at radius 3 is 3.00 bits per heavy atom. The van der Waals surface area contributed by atoms with Gasteiger partial charge in [-0.15, -0.1) is 0 Å². The minimum atomic E-state index is 0.307. The molecular weight excluding hydrogens is 198 g/mol. The van der Waals surface area contributed by atoms with Gasteiger partial charge in [0.15, 0.2) is 0 Å². The Bertz CT molecular complexity index is 316. The Kier molecular flexibility index (Phi) is 2.87. The number of aromatic nitrogens is 2. The second kappa shape index (κ2) is 4.13. The molecule has 1 heterocycles. The second-order valence-electron chi connectivity index (χ2n) is 3.97. The number of hydrogen-bond acceptors (Lipinski definition) is 3. The quantitative estimate of drug-likeness (QED) is 0.765. The molecule has 1 saturated carbocycles. The molecule has 0 amide bonds. The van der Waals surface area contributed by atoms with Crippen molar-refractivity contribution < 1.29 is 0 Å². The van der Waals surface area contributed by atoms with Crippen LogP contribution in [-0.2, 0) is 0 Å². The van der Waals surface area contributed by atoms with Crippen molar-refractivity contribution >= 4 is 17.4 Å². The lowest BCUT2D eigenvalue weighted by Gasteiger charge is -2.12. The summed E-state index contributed by atoms with van der Waals surface area (Å²) in [6.07, 6.45) is 5.43. The third-order valence-corrected chi connectivity index (χ3v) is 2.86. The van der Waals surface area contributed by atoms with Gasteiger partial charge in [-0.2, -0.15) is 0 Å². The molecule has 2 unspecified atom stereocenters. The fourth-order valence-electron chi connectivity index (χ4n) is 1.96. The third kappa shape index (κ3) is 2.35. The number of hydrogen-bond donors (Lipinski definition) is 1. The van der Waals surface area contributed by atoms with Crippen molar-refractivity contribution in [3.05, 3.63) is 17.5 Å². The predicted molar refractivity (Wildman–Crippen MR) is 57.5 cm³/mol. The minimum absolute atomic E-state index is 0.307. The molecule has 14 heavy (non-hydrogen) atoms. The van der Waals surface area contributed by atoms with Crippen molar-refractivity contribution in [2.75, 3.05) is 5.32 Å². The summed E-state index contributed by atoms with van der Waals surface area (Å²) in [6.45, 7) is 2.29. The first-order valence-electron chi connectivity index (χ1n) is 4.99. The van der Waals surface area contributed by atoms with Gasteiger partial charge in [0.2, 0.25) is 5.28 Å². The van der Waals surface area contributed by atoms with Gasteiger partial charge in [0, 0.05) is 12.2 Å². The molecule has 0 saturated heterocycles. The summed E-state index contributed by atoms with van der Waals surface area (Å²) < 4.78 is 0. The van der Waals surface area contributed by atoms with E-state index in [2.05, 4.69) is 22.2 Å². The van der Waals surface area contributed by atoms with Crippen LogP contribution in [-0.4, -0.2) is 16.0 Å². The zero-order valence-corrected chi connectivity index (χ0v) is 8.96. The average Bonchev–Trinajstić information content (AvgIpc) is 2.51. The van der Waals surface area contributed by atoms with Gasteiger partial charge in [-0.25, -0.2) is 9.97 Å². The molecule has 1 fully saturated rings. The van der Waals surface area contributed by atoms with Gasteiger partial charge in [-0.05, 0) is 42.8 Å². The monoisotopic (exact) mass is 211 g/mol. The smallest absolute Gasteiger partial charge is 0.224 e. The summed E-state index contributed by atoms with van der Waals surface area (Å²) in [5.41, 5.74) is 0. The molecule has 0 spiro atoms. The maximum atomic E-state index is 5.70.